The number of thiocarbonyl (C=S) groups is 1. The minimum atomic E-state index is 0.567. The van der Waals surface area contributed by atoms with Gasteiger partial charge in [0.25, 0.3) is 0 Å². The van der Waals surface area contributed by atoms with E-state index in [1.165, 1.54) is 0 Å². The molecular formula is C8H7ClS. The van der Waals surface area contributed by atoms with Gasteiger partial charge in [-0.15, -0.1) is 11.6 Å². The summed E-state index contributed by atoms with van der Waals surface area (Å²) in [6.45, 7) is 0. The van der Waals surface area contributed by atoms with E-state index in [9.17, 15) is 0 Å². The maximum Gasteiger partial charge on any atom is 0.0474 e. The van der Waals surface area contributed by atoms with Crippen LogP contribution in [0.5, 0.6) is 0 Å². The van der Waals surface area contributed by atoms with E-state index in [4.69, 9.17) is 23.8 Å². The average molecular weight is 171 g/mol. The molecule has 0 saturated heterocycles. The van der Waals surface area contributed by atoms with Gasteiger partial charge in [0.2, 0.25) is 0 Å². The molecular weight excluding hydrogens is 164 g/mol. The lowest BCUT2D eigenvalue weighted by Crippen LogP contribution is -1.79. The van der Waals surface area contributed by atoms with Crippen LogP contribution >= 0.6 is 23.8 Å². The summed E-state index contributed by atoms with van der Waals surface area (Å²) in [6, 6.07) is 7.88. The molecule has 10 heavy (non-hydrogen) atoms. The molecule has 1 rings (SSSR count). The summed E-state index contributed by atoms with van der Waals surface area (Å²) in [6.07, 6.45) is 0. The summed E-state index contributed by atoms with van der Waals surface area (Å²) < 4.78 is 0. The molecule has 1 aromatic carbocycles. The Labute approximate surface area is 70.8 Å². The van der Waals surface area contributed by atoms with Gasteiger partial charge in [-0.25, -0.2) is 0 Å². The van der Waals surface area contributed by atoms with Gasteiger partial charge in [0.15, 0.2) is 0 Å². The van der Waals surface area contributed by atoms with Crippen molar-refractivity contribution < 1.29 is 0 Å². The van der Waals surface area contributed by atoms with Crippen molar-refractivity contribution in [2.24, 2.45) is 0 Å². The number of halogens is 1. The fourth-order valence-electron chi connectivity index (χ4n) is 0.685. The third-order valence-corrected chi connectivity index (χ3v) is 1.85. The van der Waals surface area contributed by atoms with E-state index in [2.05, 4.69) is 0 Å². The molecule has 2 heteroatoms. The van der Waals surface area contributed by atoms with E-state index < -0.39 is 0 Å². The van der Waals surface area contributed by atoms with Gasteiger partial charge in [-0.1, -0.05) is 36.5 Å². The van der Waals surface area contributed by atoms with Gasteiger partial charge in [-0.3, -0.25) is 0 Å². The first-order valence-electron chi connectivity index (χ1n) is 2.97. The Bertz CT molecular complexity index is 215. The van der Waals surface area contributed by atoms with Crippen LogP contribution in [0, 0.1) is 0 Å². The molecule has 0 aliphatic carbocycles. The quantitative estimate of drug-likeness (QED) is 0.486. The van der Waals surface area contributed by atoms with E-state index in [0.717, 1.165) is 11.1 Å². The predicted octanol–water partition coefficient (Wildman–Crippen LogP) is 2.77. The average Bonchev–Trinajstić information content (AvgIpc) is 2.05. The Morgan fingerprint density at radius 2 is 1.90 bits per heavy atom. The number of benzene rings is 1. The van der Waals surface area contributed by atoms with Gasteiger partial charge in [-0.05, 0) is 11.1 Å². The monoisotopic (exact) mass is 170 g/mol. The van der Waals surface area contributed by atoms with Crippen LogP contribution in [0.2, 0.25) is 0 Å². The highest BCUT2D eigenvalue weighted by molar-refractivity contribution is 7.79. The summed E-state index contributed by atoms with van der Waals surface area (Å²) in [7, 11) is 0. The predicted molar refractivity (Wildman–Crippen MR) is 48.8 cm³/mol. The van der Waals surface area contributed by atoms with E-state index in [1.807, 2.05) is 24.3 Å². The molecule has 0 atom stereocenters. The van der Waals surface area contributed by atoms with Gasteiger partial charge in [0.1, 0.15) is 0 Å². The van der Waals surface area contributed by atoms with Crippen molar-refractivity contribution in [3.05, 3.63) is 35.4 Å². The first-order valence-corrected chi connectivity index (χ1v) is 3.97. The Kier molecular flexibility index (Phi) is 2.84. The molecule has 0 aliphatic heterocycles. The van der Waals surface area contributed by atoms with E-state index >= 15 is 0 Å². The molecule has 0 fully saturated rings. The van der Waals surface area contributed by atoms with Crippen LogP contribution in [0.25, 0.3) is 0 Å². The lowest BCUT2D eigenvalue weighted by atomic mass is 10.2. The standard InChI is InChI=1S/C8H7ClS/c9-5-7-1-3-8(6-10)4-2-7/h1-4,6H,5H2. The largest absolute Gasteiger partial charge is 0.122 e. The summed E-state index contributed by atoms with van der Waals surface area (Å²) in [4.78, 5) is 0. The normalized spacial score (nSPS) is 9.30. The fraction of sp³-hybridized carbons (Fsp3) is 0.125. The zero-order chi connectivity index (χ0) is 7.40. The van der Waals surface area contributed by atoms with Crippen LogP contribution in [0.1, 0.15) is 11.1 Å². The molecule has 0 aliphatic rings. The zero-order valence-corrected chi connectivity index (χ0v) is 6.95. The molecule has 0 unspecified atom stereocenters. The smallest absolute Gasteiger partial charge is 0.0474 e. The first kappa shape index (κ1) is 7.70. The van der Waals surface area contributed by atoms with Crippen molar-refractivity contribution >= 4 is 29.2 Å². The Morgan fingerprint density at radius 1 is 1.30 bits per heavy atom. The van der Waals surface area contributed by atoms with Crippen LogP contribution in [0.15, 0.2) is 24.3 Å². The van der Waals surface area contributed by atoms with Crippen LogP contribution in [-0.2, 0) is 5.88 Å². The maximum atomic E-state index is 5.59. The van der Waals surface area contributed by atoms with Crippen LogP contribution in [-0.4, -0.2) is 5.37 Å². The number of rotatable bonds is 2. The second kappa shape index (κ2) is 3.69. The summed E-state index contributed by atoms with van der Waals surface area (Å²) >= 11 is 10.3. The van der Waals surface area contributed by atoms with Crippen molar-refractivity contribution in [1.82, 2.24) is 0 Å². The zero-order valence-electron chi connectivity index (χ0n) is 5.38. The first-order chi connectivity index (χ1) is 4.86. The van der Waals surface area contributed by atoms with Crippen molar-refractivity contribution in [1.29, 1.82) is 0 Å². The maximum absolute atomic E-state index is 5.59. The van der Waals surface area contributed by atoms with Gasteiger partial charge >= 0.3 is 0 Å². The summed E-state index contributed by atoms with van der Waals surface area (Å²) in [5, 5.41) is 1.65. The number of hydrogen-bond acceptors (Lipinski definition) is 1. The third-order valence-electron chi connectivity index (χ3n) is 1.27. The molecule has 0 N–H and O–H groups in total. The Balaban J connectivity index is 2.90. The fourth-order valence-corrected chi connectivity index (χ4v) is 1.02. The second-order valence-electron chi connectivity index (χ2n) is 1.99. The van der Waals surface area contributed by atoms with Crippen molar-refractivity contribution in [2.45, 2.75) is 5.88 Å². The Morgan fingerprint density at radius 3 is 2.30 bits per heavy atom. The minimum Gasteiger partial charge on any atom is -0.122 e. The number of hydrogen-bond donors (Lipinski definition) is 0. The summed E-state index contributed by atoms with van der Waals surface area (Å²) in [5.74, 6) is 0.567. The highest BCUT2D eigenvalue weighted by atomic mass is 35.5. The molecule has 0 spiro atoms. The summed E-state index contributed by atoms with van der Waals surface area (Å²) in [5.41, 5.74) is 2.19. The molecule has 0 bridgehead atoms. The molecule has 0 amide bonds. The lowest BCUT2D eigenvalue weighted by Gasteiger charge is -1.93. The minimum absolute atomic E-state index is 0.567. The molecule has 0 saturated carbocycles. The van der Waals surface area contributed by atoms with E-state index in [0.29, 0.717) is 5.88 Å². The second-order valence-corrected chi connectivity index (χ2v) is 2.50. The van der Waals surface area contributed by atoms with Gasteiger partial charge in [0, 0.05) is 11.2 Å². The highest BCUT2D eigenvalue weighted by Crippen LogP contribution is 2.04. The molecule has 1 aromatic rings. The van der Waals surface area contributed by atoms with Crippen LogP contribution < -0.4 is 0 Å². The highest BCUT2D eigenvalue weighted by Gasteiger charge is 1.88. The van der Waals surface area contributed by atoms with E-state index in [1.54, 1.807) is 5.37 Å². The number of alkyl halides is 1. The lowest BCUT2D eigenvalue weighted by molar-refractivity contribution is 1.40. The van der Waals surface area contributed by atoms with Crippen LogP contribution in [0.3, 0.4) is 0 Å². The van der Waals surface area contributed by atoms with Crippen molar-refractivity contribution in [3.8, 4) is 0 Å². The van der Waals surface area contributed by atoms with E-state index in [-0.39, 0.29) is 0 Å². The van der Waals surface area contributed by atoms with Gasteiger partial charge < -0.3 is 0 Å². The molecule has 0 heterocycles. The van der Waals surface area contributed by atoms with Gasteiger partial charge in [0.05, 0.1) is 0 Å². The van der Waals surface area contributed by atoms with Gasteiger partial charge in [-0.2, -0.15) is 0 Å². The third kappa shape index (κ3) is 1.79. The SMILES string of the molecule is S=Cc1ccc(CCl)cc1. The topological polar surface area (TPSA) is 0 Å². The molecule has 52 valence electrons. The Hall–Kier alpha value is -0.400. The van der Waals surface area contributed by atoms with Crippen molar-refractivity contribution in [3.63, 3.8) is 0 Å². The molecule has 0 nitrogen and oxygen atoms in total. The molecule has 0 aromatic heterocycles. The van der Waals surface area contributed by atoms with Crippen LogP contribution in [0.4, 0.5) is 0 Å². The van der Waals surface area contributed by atoms with Crippen molar-refractivity contribution in [2.75, 3.05) is 0 Å². The molecule has 0 radical (unpaired) electrons.